The van der Waals surface area contributed by atoms with Gasteiger partial charge < -0.3 is 20.9 Å². The number of nitrogens with two attached hydrogens (primary N) is 1. The molecule has 0 saturated heterocycles. The molecular formula is C24H33FN2O3. The Morgan fingerprint density at radius 3 is 2.40 bits per heavy atom. The Bertz CT molecular complexity index is 764. The van der Waals surface area contributed by atoms with Crippen molar-refractivity contribution in [2.75, 3.05) is 19.7 Å². The van der Waals surface area contributed by atoms with Crippen LogP contribution in [0.2, 0.25) is 0 Å². The summed E-state index contributed by atoms with van der Waals surface area (Å²) < 4.78 is 18.1. The second-order valence-corrected chi connectivity index (χ2v) is 9.60. The fourth-order valence-corrected chi connectivity index (χ4v) is 5.41. The summed E-state index contributed by atoms with van der Waals surface area (Å²) >= 11 is 0. The third kappa shape index (κ3) is 4.40. The van der Waals surface area contributed by atoms with Gasteiger partial charge in [-0.15, -0.1) is 0 Å². The number of aliphatic hydroxyl groups is 1. The summed E-state index contributed by atoms with van der Waals surface area (Å²) in [4.78, 5) is 12.8. The van der Waals surface area contributed by atoms with Crippen LogP contribution in [0.25, 0.3) is 0 Å². The highest BCUT2D eigenvalue weighted by Gasteiger charge is 2.48. The van der Waals surface area contributed by atoms with Gasteiger partial charge in [-0.1, -0.05) is 12.1 Å². The fraction of sp³-hybridized carbons (Fsp3) is 0.625. The van der Waals surface area contributed by atoms with E-state index in [1.807, 2.05) is 24.3 Å². The van der Waals surface area contributed by atoms with Crippen LogP contribution in [0.5, 0.6) is 5.75 Å². The molecule has 0 atom stereocenters. The van der Waals surface area contributed by atoms with Crippen molar-refractivity contribution in [3.63, 3.8) is 0 Å². The van der Waals surface area contributed by atoms with Crippen molar-refractivity contribution in [1.82, 2.24) is 5.32 Å². The lowest BCUT2D eigenvalue weighted by atomic mass is 9.60. The molecule has 4 aliphatic rings. The van der Waals surface area contributed by atoms with E-state index in [1.54, 1.807) is 0 Å². The number of nitrogens with one attached hydrogen (secondary N) is 1. The monoisotopic (exact) mass is 416 g/mol. The first-order valence-corrected chi connectivity index (χ1v) is 11.2. The zero-order valence-corrected chi connectivity index (χ0v) is 17.5. The minimum atomic E-state index is -0.819. The first-order chi connectivity index (χ1) is 14.5. The highest BCUT2D eigenvalue weighted by Crippen LogP contribution is 2.50. The summed E-state index contributed by atoms with van der Waals surface area (Å²) in [5.41, 5.74) is 5.98. The second-order valence-electron chi connectivity index (χ2n) is 9.60. The first-order valence-electron chi connectivity index (χ1n) is 11.2. The van der Waals surface area contributed by atoms with Gasteiger partial charge in [0.05, 0.1) is 11.9 Å². The van der Waals surface area contributed by atoms with Crippen LogP contribution >= 0.6 is 0 Å². The van der Waals surface area contributed by atoms with E-state index in [0.717, 1.165) is 30.7 Å². The van der Waals surface area contributed by atoms with Crippen molar-refractivity contribution in [2.45, 2.75) is 62.9 Å². The van der Waals surface area contributed by atoms with E-state index in [2.05, 4.69) is 5.32 Å². The zero-order chi connectivity index (χ0) is 21.2. The van der Waals surface area contributed by atoms with Gasteiger partial charge in [-0.3, -0.25) is 4.79 Å². The minimum Gasteiger partial charge on any atom is -0.489 e. The fourth-order valence-electron chi connectivity index (χ4n) is 5.41. The van der Waals surface area contributed by atoms with Gasteiger partial charge in [0, 0.05) is 24.1 Å². The van der Waals surface area contributed by atoms with Gasteiger partial charge in [0.1, 0.15) is 12.4 Å². The molecule has 4 fully saturated rings. The van der Waals surface area contributed by atoms with Crippen molar-refractivity contribution < 1.29 is 19.0 Å². The largest absolute Gasteiger partial charge is 0.489 e. The molecule has 5 nitrogen and oxygen atoms in total. The maximum atomic E-state index is 12.8. The van der Waals surface area contributed by atoms with Crippen LogP contribution in [-0.2, 0) is 4.79 Å². The van der Waals surface area contributed by atoms with Crippen molar-refractivity contribution >= 4 is 5.91 Å². The molecule has 0 spiro atoms. The van der Waals surface area contributed by atoms with Crippen molar-refractivity contribution in [1.29, 1.82) is 0 Å². The molecule has 164 valence electrons. The first kappa shape index (κ1) is 21.3. The number of hydrogen-bond donors (Lipinski definition) is 3. The van der Waals surface area contributed by atoms with E-state index in [4.69, 9.17) is 10.5 Å². The average molecular weight is 417 g/mol. The van der Waals surface area contributed by atoms with E-state index >= 15 is 0 Å². The summed E-state index contributed by atoms with van der Waals surface area (Å²) in [5.74, 6) is 1.92. The Morgan fingerprint density at radius 1 is 1.20 bits per heavy atom. The number of rotatable bonds is 8. The van der Waals surface area contributed by atoms with Gasteiger partial charge in [-0.25, -0.2) is 4.39 Å². The molecule has 5 rings (SSSR count). The lowest BCUT2D eigenvalue weighted by molar-refractivity contribution is -0.139. The highest BCUT2D eigenvalue weighted by molar-refractivity contribution is 5.83. The van der Waals surface area contributed by atoms with Gasteiger partial charge in [0.2, 0.25) is 5.91 Å². The topological polar surface area (TPSA) is 84.6 Å². The molecular weight excluding hydrogens is 383 g/mol. The average Bonchev–Trinajstić information content (AvgIpc) is 2.78. The predicted molar refractivity (Wildman–Crippen MR) is 114 cm³/mol. The molecule has 2 bridgehead atoms. The van der Waals surface area contributed by atoms with E-state index in [-0.39, 0.29) is 30.4 Å². The summed E-state index contributed by atoms with van der Waals surface area (Å²) in [6.07, 6.45) is 8.33. The molecule has 1 aromatic carbocycles. The van der Waals surface area contributed by atoms with Gasteiger partial charge in [0.15, 0.2) is 0 Å². The Kier molecular flexibility index (Phi) is 6.16. The van der Waals surface area contributed by atoms with Gasteiger partial charge in [0.25, 0.3) is 0 Å². The van der Waals surface area contributed by atoms with Crippen LogP contribution < -0.4 is 15.8 Å². The normalized spacial score (nSPS) is 33.1. The molecule has 4 N–H and O–H groups in total. The van der Waals surface area contributed by atoms with Crippen LogP contribution in [0, 0.1) is 11.3 Å². The Labute approximate surface area is 177 Å². The summed E-state index contributed by atoms with van der Waals surface area (Å²) in [5, 5.41) is 13.9. The number of fused-ring (bicyclic) bond motifs is 3. The highest BCUT2D eigenvalue weighted by atomic mass is 19.1. The smallest absolute Gasteiger partial charge is 0.226 e. The molecule has 1 aromatic rings. The number of hydrogen-bond acceptors (Lipinski definition) is 4. The predicted octanol–water partition coefficient (Wildman–Crippen LogP) is 3.57. The number of halogens is 1. The zero-order valence-electron chi connectivity index (χ0n) is 17.5. The Balaban J connectivity index is 1.24. The molecule has 30 heavy (non-hydrogen) atoms. The summed E-state index contributed by atoms with van der Waals surface area (Å²) in [6, 6.07) is 7.69. The number of amides is 1. The van der Waals surface area contributed by atoms with Crippen molar-refractivity contribution in [3.05, 3.63) is 41.7 Å². The molecule has 0 radical (unpaired) electrons. The molecule has 6 heteroatoms. The standard InChI is InChI=1S/C24H33FN2O3/c25-13-18(14-26)15-30-21-3-1-19(2-4-21)20-11-24(29,12-20)16-27-22(28)23-8-5-17(6-9-23)7-10-23/h1-4,13,17,20,29H,5-12,14-16,26H2,(H,27,28)/b18-13+. The van der Waals surface area contributed by atoms with Crippen LogP contribution in [0.15, 0.2) is 36.2 Å². The number of ether oxygens (including phenoxy) is 1. The lowest BCUT2D eigenvalue weighted by Gasteiger charge is -2.47. The van der Waals surface area contributed by atoms with Crippen LogP contribution in [0.4, 0.5) is 4.39 Å². The van der Waals surface area contributed by atoms with E-state index < -0.39 is 5.60 Å². The van der Waals surface area contributed by atoms with Crippen molar-refractivity contribution in [3.8, 4) is 5.75 Å². The number of benzene rings is 1. The number of carbonyl (C=O) groups excluding carboxylic acids is 1. The molecule has 0 heterocycles. The van der Waals surface area contributed by atoms with E-state index in [9.17, 15) is 14.3 Å². The Morgan fingerprint density at radius 2 is 1.83 bits per heavy atom. The summed E-state index contributed by atoms with van der Waals surface area (Å²) in [7, 11) is 0. The molecule has 4 saturated carbocycles. The maximum Gasteiger partial charge on any atom is 0.226 e. The van der Waals surface area contributed by atoms with Gasteiger partial charge in [-0.05, 0) is 80.9 Å². The third-order valence-corrected chi connectivity index (χ3v) is 7.60. The molecule has 0 aliphatic heterocycles. The SMILES string of the molecule is NC/C(=C\F)COc1ccc(C2CC(O)(CNC(=O)C34CCC(CC3)CC4)C2)cc1. The second kappa shape index (κ2) is 8.67. The van der Waals surface area contributed by atoms with E-state index in [1.165, 1.54) is 19.3 Å². The minimum absolute atomic E-state index is 0.132. The van der Waals surface area contributed by atoms with Crippen LogP contribution in [-0.4, -0.2) is 36.3 Å². The quantitative estimate of drug-likeness (QED) is 0.605. The summed E-state index contributed by atoms with van der Waals surface area (Å²) in [6.45, 7) is 0.608. The van der Waals surface area contributed by atoms with Gasteiger partial charge in [-0.2, -0.15) is 0 Å². The third-order valence-electron chi connectivity index (χ3n) is 7.60. The van der Waals surface area contributed by atoms with Gasteiger partial charge >= 0.3 is 0 Å². The van der Waals surface area contributed by atoms with Crippen LogP contribution in [0.3, 0.4) is 0 Å². The molecule has 0 unspecified atom stereocenters. The van der Waals surface area contributed by atoms with E-state index in [0.29, 0.717) is 37.0 Å². The lowest BCUT2D eigenvalue weighted by Crippen LogP contribution is -2.55. The molecule has 1 amide bonds. The molecule has 4 aliphatic carbocycles. The Hall–Kier alpha value is -1.92. The van der Waals surface area contributed by atoms with Crippen molar-refractivity contribution in [2.24, 2.45) is 17.1 Å². The number of carbonyl (C=O) groups is 1. The molecule has 0 aromatic heterocycles. The maximum absolute atomic E-state index is 12.8. The van der Waals surface area contributed by atoms with Crippen LogP contribution in [0.1, 0.15) is 62.8 Å².